The fraction of sp³-hybridized carbons (Fsp3) is 0.273. The summed E-state index contributed by atoms with van der Waals surface area (Å²) in [6.45, 7) is 0. The lowest BCUT2D eigenvalue weighted by Gasteiger charge is -2.07. The summed E-state index contributed by atoms with van der Waals surface area (Å²) in [7, 11) is -3.23. The van der Waals surface area contributed by atoms with Gasteiger partial charge in [-0.15, -0.1) is 0 Å². The largest absolute Gasteiger partial charge is 0.478 e. The molecule has 0 radical (unpaired) electrons. The van der Waals surface area contributed by atoms with Crippen molar-refractivity contribution in [3.63, 3.8) is 0 Å². The van der Waals surface area contributed by atoms with Crippen LogP contribution in [0.3, 0.4) is 0 Å². The Morgan fingerprint density at radius 3 is 2.53 bits per heavy atom. The zero-order valence-corrected chi connectivity index (χ0v) is 11.6. The van der Waals surface area contributed by atoms with Crippen LogP contribution < -0.4 is 5.32 Å². The molecule has 0 fully saturated rings. The monoisotopic (exact) mass is 305 g/mol. The summed E-state index contributed by atoms with van der Waals surface area (Å²) >= 11 is 5.81. The Morgan fingerprint density at radius 1 is 1.37 bits per heavy atom. The Balaban J connectivity index is 2.79. The van der Waals surface area contributed by atoms with Crippen LogP contribution in [0.2, 0.25) is 5.02 Å². The van der Waals surface area contributed by atoms with E-state index in [0.717, 1.165) is 6.26 Å². The highest BCUT2D eigenvalue weighted by Gasteiger charge is 2.12. The minimum Gasteiger partial charge on any atom is -0.478 e. The van der Waals surface area contributed by atoms with Gasteiger partial charge in [-0.3, -0.25) is 4.79 Å². The van der Waals surface area contributed by atoms with E-state index in [2.05, 4.69) is 5.32 Å². The summed E-state index contributed by atoms with van der Waals surface area (Å²) in [5.74, 6) is -1.98. The van der Waals surface area contributed by atoms with Crippen LogP contribution in [0, 0.1) is 0 Å². The molecule has 1 rings (SSSR count). The third-order valence-electron chi connectivity index (χ3n) is 2.19. The Morgan fingerprint density at radius 2 is 2.00 bits per heavy atom. The maximum Gasteiger partial charge on any atom is 0.335 e. The molecule has 0 aliphatic carbocycles. The van der Waals surface area contributed by atoms with Gasteiger partial charge >= 0.3 is 5.97 Å². The molecule has 8 heteroatoms. The Labute approximate surface area is 115 Å². The number of benzene rings is 1. The zero-order chi connectivity index (χ0) is 14.6. The van der Waals surface area contributed by atoms with Crippen molar-refractivity contribution in [2.45, 2.75) is 6.42 Å². The lowest BCUT2D eigenvalue weighted by atomic mass is 10.2. The van der Waals surface area contributed by atoms with E-state index in [9.17, 15) is 18.0 Å². The van der Waals surface area contributed by atoms with Gasteiger partial charge in [-0.1, -0.05) is 11.6 Å². The van der Waals surface area contributed by atoms with Gasteiger partial charge < -0.3 is 10.4 Å². The standard InChI is InChI=1S/C11H12ClNO5S/c1-19(17,18)5-4-10(14)13-9-6-7(11(15)16)2-3-8(9)12/h2-3,6H,4-5H2,1H3,(H,13,14)(H,15,16). The highest BCUT2D eigenvalue weighted by atomic mass is 35.5. The van der Waals surface area contributed by atoms with Gasteiger partial charge in [0, 0.05) is 12.7 Å². The van der Waals surface area contributed by atoms with Gasteiger partial charge in [-0.25, -0.2) is 13.2 Å². The minimum atomic E-state index is -3.23. The molecule has 0 aliphatic heterocycles. The predicted octanol–water partition coefficient (Wildman–Crippen LogP) is 1.41. The van der Waals surface area contributed by atoms with Gasteiger partial charge in [0.05, 0.1) is 22.0 Å². The number of amides is 1. The quantitative estimate of drug-likeness (QED) is 0.856. The van der Waals surface area contributed by atoms with Crippen LogP contribution in [0.4, 0.5) is 5.69 Å². The molecule has 104 valence electrons. The third kappa shape index (κ3) is 5.27. The lowest BCUT2D eigenvalue weighted by molar-refractivity contribution is -0.115. The number of sulfone groups is 1. The first kappa shape index (κ1) is 15.5. The van der Waals surface area contributed by atoms with Crippen molar-refractivity contribution in [1.82, 2.24) is 0 Å². The molecule has 2 N–H and O–H groups in total. The number of carbonyl (C=O) groups is 2. The van der Waals surface area contributed by atoms with Crippen LogP contribution in [0.1, 0.15) is 16.8 Å². The number of rotatable bonds is 5. The summed E-state index contributed by atoms with van der Waals surface area (Å²) in [6, 6.07) is 3.86. The molecule has 0 bridgehead atoms. The van der Waals surface area contributed by atoms with Crippen LogP contribution in [-0.4, -0.2) is 37.4 Å². The van der Waals surface area contributed by atoms with E-state index < -0.39 is 21.7 Å². The molecule has 19 heavy (non-hydrogen) atoms. The van der Waals surface area contributed by atoms with Crippen molar-refractivity contribution in [3.05, 3.63) is 28.8 Å². The maximum atomic E-state index is 11.5. The molecule has 0 spiro atoms. The lowest BCUT2D eigenvalue weighted by Crippen LogP contribution is -2.17. The van der Waals surface area contributed by atoms with Crippen molar-refractivity contribution in [2.75, 3.05) is 17.3 Å². The van der Waals surface area contributed by atoms with Crippen molar-refractivity contribution in [3.8, 4) is 0 Å². The van der Waals surface area contributed by atoms with Crippen molar-refractivity contribution >= 4 is 39.0 Å². The van der Waals surface area contributed by atoms with E-state index in [0.29, 0.717) is 0 Å². The fourth-order valence-corrected chi connectivity index (χ4v) is 1.97. The summed E-state index contributed by atoms with van der Waals surface area (Å²) in [5.41, 5.74) is 0.114. The molecule has 0 heterocycles. The van der Waals surface area contributed by atoms with Crippen LogP contribution >= 0.6 is 11.6 Å². The molecule has 0 saturated carbocycles. The third-order valence-corrected chi connectivity index (χ3v) is 3.46. The van der Waals surface area contributed by atoms with Gasteiger partial charge in [0.1, 0.15) is 9.84 Å². The second-order valence-electron chi connectivity index (χ2n) is 3.93. The highest BCUT2D eigenvalue weighted by molar-refractivity contribution is 7.90. The summed E-state index contributed by atoms with van der Waals surface area (Å²) in [6.07, 6.45) is 0.810. The first-order valence-electron chi connectivity index (χ1n) is 5.19. The molecule has 0 saturated heterocycles. The number of carbonyl (C=O) groups excluding carboxylic acids is 1. The smallest absolute Gasteiger partial charge is 0.335 e. The van der Waals surface area contributed by atoms with E-state index in [4.69, 9.17) is 16.7 Å². The average Bonchev–Trinajstić information content (AvgIpc) is 2.28. The highest BCUT2D eigenvalue weighted by Crippen LogP contribution is 2.23. The molecule has 0 atom stereocenters. The normalized spacial score (nSPS) is 11.1. The maximum absolute atomic E-state index is 11.5. The molecule has 0 aliphatic rings. The second-order valence-corrected chi connectivity index (χ2v) is 6.59. The van der Waals surface area contributed by atoms with E-state index in [1.54, 1.807) is 0 Å². The molecule has 1 aromatic carbocycles. The summed E-state index contributed by atoms with van der Waals surface area (Å²) in [5, 5.41) is 11.4. The Hall–Kier alpha value is -1.60. The second kappa shape index (κ2) is 6.03. The number of nitrogens with one attached hydrogen (secondary N) is 1. The van der Waals surface area contributed by atoms with Gasteiger partial charge in [0.2, 0.25) is 5.91 Å². The van der Waals surface area contributed by atoms with Crippen molar-refractivity contribution < 1.29 is 23.1 Å². The fourth-order valence-electron chi connectivity index (χ4n) is 1.24. The number of carboxylic acids is 1. The zero-order valence-electron chi connectivity index (χ0n) is 10.0. The van der Waals surface area contributed by atoms with Gasteiger partial charge in [0.15, 0.2) is 0 Å². The topological polar surface area (TPSA) is 101 Å². The molecular formula is C11H12ClNO5S. The summed E-state index contributed by atoms with van der Waals surface area (Å²) < 4.78 is 21.8. The Kier molecular flexibility index (Phi) is 4.90. The van der Waals surface area contributed by atoms with E-state index in [1.807, 2.05) is 0 Å². The number of carboxylic acid groups (broad SMARTS) is 1. The molecule has 0 unspecified atom stereocenters. The van der Waals surface area contributed by atoms with Gasteiger partial charge in [-0.05, 0) is 18.2 Å². The predicted molar refractivity (Wildman–Crippen MR) is 71.4 cm³/mol. The number of hydrogen-bond acceptors (Lipinski definition) is 4. The van der Waals surface area contributed by atoms with Crippen molar-refractivity contribution in [2.24, 2.45) is 0 Å². The molecular weight excluding hydrogens is 294 g/mol. The SMILES string of the molecule is CS(=O)(=O)CCC(=O)Nc1cc(C(=O)O)ccc1Cl. The number of halogens is 1. The molecule has 1 aromatic rings. The first-order chi connectivity index (χ1) is 8.69. The molecule has 1 amide bonds. The van der Waals surface area contributed by atoms with Gasteiger partial charge in [-0.2, -0.15) is 0 Å². The molecule has 0 aromatic heterocycles. The van der Waals surface area contributed by atoms with Crippen LogP contribution in [0.15, 0.2) is 18.2 Å². The summed E-state index contributed by atoms with van der Waals surface area (Å²) in [4.78, 5) is 22.3. The average molecular weight is 306 g/mol. The number of aromatic carboxylic acids is 1. The first-order valence-corrected chi connectivity index (χ1v) is 7.63. The van der Waals surface area contributed by atoms with Crippen LogP contribution in [0.25, 0.3) is 0 Å². The van der Waals surface area contributed by atoms with Gasteiger partial charge in [0.25, 0.3) is 0 Å². The molecule has 6 nitrogen and oxygen atoms in total. The van der Waals surface area contributed by atoms with E-state index >= 15 is 0 Å². The van der Waals surface area contributed by atoms with Crippen LogP contribution in [-0.2, 0) is 14.6 Å². The number of hydrogen-bond donors (Lipinski definition) is 2. The Bertz CT molecular complexity index is 612. The van der Waals surface area contributed by atoms with Crippen LogP contribution in [0.5, 0.6) is 0 Å². The minimum absolute atomic E-state index is 0.0252. The van der Waals surface area contributed by atoms with Crippen molar-refractivity contribution in [1.29, 1.82) is 0 Å². The number of anilines is 1. The van der Waals surface area contributed by atoms with E-state index in [1.165, 1.54) is 18.2 Å². The van der Waals surface area contributed by atoms with E-state index in [-0.39, 0.29) is 28.4 Å².